The van der Waals surface area contributed by atoms with Crippen LogP contribution >= 0.6 is 0 Å². The van der Waals surface area contributed by atoms with Gasteiger partial charge in [-0.2, -0.15) is 10.4 Å². The second kappa shape index (κ2) is 7.73. The van der Waals surface area contributed by atoms with Gasteiger partial charge in [0.1, 0.15) is 29.3 Å². The number of rotatable bonds is 6. The second-order valence-corrected chi connectivity index (χ2v) is 6.73. The van der Waals surface area contributed by atoms with Gasteiger partial charge in [-0.3, -0.25) is 5.10 Å². The Morgan fingerprint density at radius 3 is 2.72 bits per heavy atom. The summed E-state index contributed by atoms with van der Waals surface area (Å²) in [5.74, 6) is 2.06. The maximum Gasteiger partial charge on any atom is 0.226 e. The lowest BCUT2D eigenvalue weighted by Gasteiger charge is -2.34. The molecule has 3 aromatic rings. The first-order chi connectivity index (χ1) is 14.1. The minimum Gasteiger partial charge on any atom is -0.488 e. The molecule has 3 aromatic heterocycles. The van der Waals surface area contributed by atoms with Crippen molar-refractivity contribution < 1.29 is 9.47 Å². The number of hydrogen-bond donors (Lipinski definition) is 3. The lowest BCUT2D eigenvalue weighted by Crippen LogP contribution is -2.47. The zero-order chi connectivity index (χ0) is 20.4. The van der Waals surface area contributed by atoms with Crippen LogP contribution < -0.4 is 20.5 Å². The summed E-state index contributed by atoms with van der Waals surface area (Å²) in [6, 6.07) is 5.61. The Bertz CT molecular complexity index is 1060. The van der Waals surface area contributed by atoms with E-state index in [4.69, 9.17) is 20.5 Å². The largest absolute Gasteiger partial charge is 0.488 e. The summed E-state index contributed by atoms with van der Waals surface area (Å²) in [6.45, 7) is 1.88. The van der Waals surface area contributed by atoms with Crippen LogP contribution in [0.5, 0.6) is 11.6 Å². The third-order valence-corrected chi connectivity index (χ3v) is 4.68. The lowest BCUT2D eigenvalue weighted by molar-refractivity contribution is 0.0934. The maximum absolute atomic E-state index is 8.82. The highest BCUT2D eigenvalue weighted by Gasteiger charge is 2.31. The topological polar surface area (TPSA) is 148 Å². The molecule has 2 atom stereocenters. The second-order valence-electron chi connectivity index (χ2n) is 6.73. The molecular weight excluding hydrogens is 372 g/mol. The average molecular weight is 392 g/mol. The molecule has 0 radical (unpaired) electrons. The van der Waals surface area contributed by atoms with Gasteiger partial charge in [-0.1, -0.05) is 0 Å². The van der Waals surface area contributed by atoms with Crippen LogP contribution in [-0.2, 0) is 0 Å². The number of hydrogen-bond acceptors (Lipinski definition) is 9. The molecule has 148 valence electrons. The van der Waals surface area contributed by atoms with Crippen LogP contribution in [0, 0.1) is 18.3 Å². The zero-order valence-corrected chi connectivity index (χ0v) is 16.0. The number of pyridine rings is 1. The Hall–Kier alpha value is -3.71. The van der Waals surface area contributed by atoms with Crippen molar-refractivity contribution in [3.63, 3.8) is 0 Å². The third kappa shape index (κ3) is 3.81. The summed E-state index contributed by atoms with van der Waals surface area (Å²) in [7, 11) is 1.56. The van der Waals surface area contributed by atoms with E-state index in [2.05, 4.69) is 30.5 Å². The molecule has 3 heterocycles. The number of ether oxygens (including phenoxy) is 2. The van der Waals surface area contributed by atoms with Crippen LogP contribution in [0.3, 0.4) is 0 Å². The normalized spacial score (nSPS) is 17.9. The van der Waals surface area contributed by atoms with Crippen molar-refractivity contribution in [3.05, 3.63) is 35.9 Å². The molecule has 10 nitrogen and oxygen atoms in total. The number of nitrogens with one attached hydrogen (secondary N) is 2. The van der Waals surface area contributed by atoms with Crippen LogP contribution in [0.4, 0.5) is 11.6 Å². The molecule has 10 heteroatoms. The van der Waals surface area contributed by atoms with Crippen LogP contribution in [0.1, 0.15) is 24.2 Å². The van der Waals surface area contributed by atoms with Crippen molar-refractivity contribution in [3.8, 4) is 29.0 Å². The van der Waals surface area contributed by atoms with Gasteiger partial charge in [0.15, 0.2) is 11.5 Å². The molecule has 1 aliphatic rings. The Balaban J connectivity index is 1.64. The van der Waals surface area contributed by atoms with Crippen molar-refractivity contribution in [1.29, 1.82) is 5.26 Å². The SMILES string of the molecule is COc1nc(C)cc(O[C@@H]2CC[C@@H]2N)c1-c1cc(Nc2cnc(C#N)cn2)n[nH]1. The van der Waals surface area contributed by atoms with Crippen molar-refractivity contribution >= 4 is 11.6 Å². The van der Waals surface area contributed by atoms with E-state index in [9.17, 15) is 0 Å². The van der Waals surface area contributed by atoms with E-state index >= 15 is 0 Å². The summed E-state index contributed by atoms with van der Waals surface area (Å²) >= 11 is 0. The van der Waals surface area contributed by atoms with Crippen LogP contribution in [0.25, 0.3) is 11.3 Å². The third-order valence-electron chi connectivity index (χ3n) is 4.68. The number of methoxy groups -OCH3 is 1. The fourth-order valence-corrected chi connectivity index (χ4v) is 3.00. The standard InChI is InChI=1S/C19H20N8O2/c1-10-5-15(29-14-4-3-12(14)21)18(19(24-10)28-2)13-6-16(27-26-13)25-17-9-22-11(7-20)8-23-17/h5-6,8-9,12,14H,3-4,21H2,1-2H3,(H2,23,25,26,27)/t12-,14+/m0/s1. The zero-order valence-electron chi connectivity index (χ0n) is 16.0. The van der Waals surface area contributed by atoms with Crippen molar-refractivity contribution in [2.24, 2.45) is 5.73 Å². The Kier molecular flexibility index (Phi) is 4.97. The van der Waals surface area contributed by atoms with E-state index in [-0.39, 0.29) is 17.8 Å². The Morgan fingerprint density at radius 1 is 1.24 bits per heavy atom. The van der Waals surface area contributed by atoms with Gasteiger partial charge in [-0.25, -0.2) is 15.0 Å². The predicted octanol–water partition coefficient (Wildman–Crippen LogP) is 2.06. The molecule has 0 saturated heterocycles. The molecule has 1 fully saturated rings. The fraction of sp³-hybridized carbons (Fsp3) is 0.316. The Morgan fingerprint density at radius 2 is 2.10 bits per heavy atom. The number of nitrogens with two attached hydrogens (primary N) is 1. The van der Waals surface area contributed by atoms with E-state index in [1.807, 2.05) is 19.1 Å². The summed E-state index contributed by atoms with van der Waals surface area (Å²) in [5, 5.41) is 19.1. The summed E-state index contributed by atoms with van der Waals surface area (Å²) in [4.78, 5) is 12.6. The first kappa shape index (κ1) is 18.6. The molecule has 0 unspecified atom stereocenters. The maximum atomic E-state index is 8.82. The highest BCUT2D eigenvalue weighted by atomic mass is 16.5. The molecule has 0 aliphatic heterocycles. The molecule has 0 amide bonds. The van der Waals surface area contributed by atoms with E-state index in [0.717, 1.165) is 18.5 Å². The predicted molar refractivity (Wildman–Crippen MR) is 105 cm³/mol. The number of nitriles is 1. The first-order valence-corrected chi connectivity index (χ1v) is 9.10. The van der Waals surface area contributed by atoms with Gasteiger partial charge in [0.25, 0.3) is 0 Å². The van der Waals surface area contributed by atoms with Crippen LogP contribution in [0.2, 0.25) is 0 Å². The number of nitrogens with zero attached hydrogens (tertiary/aromatic N) is 5. The van der Waals surface area contributed by atoms with Gasteiger partial charge in [0.05, 0.1) is 25.2 Å². The average Bonchev–Trinajstić information content (AvgIpc) is 3.18. The van der Waals surface area contributed by atoms with Gasteiger partial charge in [-0.05, 0) is 19.8 Å². The van der Waals surface area contributed by atoms with Crippen LogP contribution in [0.15, 0.2) is 24.5 Å². The Labute approximate surface area is 167 Å². The van der Waals surface area contributed by atoms with Crippen molar-refractivity contribution in [1.82, 2.24) is 25.1 Å². The number of anilines is 2. The van der Waals surface area contributed by atoms with Gasteiger partial charge < -0.3 is 20.5 Å². The minimum atomic E-state index is -0.0327. The van der Waals surface area contributed by atoms with Crippen LogP contribution in [-0.4, -0.2) is 44.4 Å². The molecular formula is C19H20N8O2. The van der Waals surface area contributed by atoms with E-state index in [0.29, 0.717) is 34.5 Å². The van der Waals surface area contributed by atoms with Gasteiger partial charge in [0, 0.05) is 23.9 Å². The van der Waals surface area contributed by atoms with Gasteiger partial charge >= 0.3 is 0 Å². The summed E-state index contributed by atoms with van der Waals surface area (Å²) in [6.07, 6.45) is 4.68. The quantitative estimate of drug-likeness (QED) is 0.573. The van der Waals surface area contributed by atoms with Gasteiger partial charge in [-0.15, -0.1) is 0 Å². The smallest absolute Gasteiger partial charge is 0.226 e. The molecule has 0 spiro atoms. The minimum absolute atomic E-state index is 0.0243. The van der Waals surface area contributed by atoms with Gasteiger partial charge in [0.2, 0.25) is 5.88 Å². The van der Waals surface area contributed by atoms with E-state index in [1.165, 1.54) is 12.4 Å². The highest BCUT2D eigenvalue weighted by molar-refractivity contribution is 5.75. The van der Waals surface area contributed by atoms with E-state index < -0.39 is 0 Å². The van der Waals surface area contributed by atoms with E-state index in [1.54, 1.807) is 13.2 Å². The molecule has 29 heavy (non-hydrogen) atoms. The number of aromatic amines is 1. The fourth-order valence-electron chi connectivity index (χ4n) is 3.00. The van der Waals surface area contributed by atoms with Crippen molar-refractivity contribution in [2.75, 3.05) is 12.4 Å². The number of aromatic nitrogens is 5. The molecule has 1 saturated carbocycles. The first-order valence-electron chi connectivity index (χ1n) is 9.10. The molecule has 0 bridgehead atoms. The molecule has 1 aliphatic carbocycles. The highest BCUT2D eigenvalue weighted by Crippen LogP contribution is 2.39. The number of H-pyrrole nitrogens is 1. The molecule has 4 rings (SSSR count). The number of aryl methyl sites for hydroxylation is 1. The molecule has 4 N–H and O–H groups in total. The molecule has 0 aromatic carbocycles. The van der Waals surface area contributed by atoms with Crippen molar-refractivity contribution in [2.45, 2.75) is 31.9 Å². The summed E-state index contributed by atoms with van der Waals surface area (Å²) in [5.41, 5.74) is 8.40. The summed E-state index contributed by atoms with van der Waals surface area (Å²) < 4.78 is 11.6. The lowest BCUT2D eigenvalue weighted by atomic mass is 9.90. The monoisotopic (exact) mass is 392 g/mol.